The fraction of sp³-hybridized carbons (Fsp3) is 0.0526. The number of benzene rings is 3. The quantitative estimate of drug-likeness (QED) is 0.421. The first-order chi connectivity index (χ1) is 10.2. The number of aryl methyl sites for hydroxylation is 1. The highest BCUT2D eigenvalue weighted by molar-refractivity contribution is 6.32. The van der Waals surface area contributed by atoms with Crippen LogP contribution < -0.4 is 0 Å². The summed E-state index contributed by atoms with van der Waals surface area (Å²) in [4.78, 5) is 0. The molecule has 0 aliphatic carbocycles. The summed E-state index contributed by atoms with van der Waals surface area (Å²) in [6, 6.07) is 23.1. The van der Waals surface area contributed by atoms with E-state index in [4.69, 9.17) is 11.6 Å². The molecule has 0 unspecified atom stereocenters. The van der Waals surface area contributed by atoms with Gasteiger partial charge in [0.1, 0.15) is 0 Å². The van der Waals surface area contributed by atoms with Gasteiger partial charge in [0.15, 0.2) is 0 Å². The minimum Gasteiger partial charge on any atom is -0.309 e. The van der Waals surface area contributed by atoms with Gasteiger partial charge in [-0.1, -0.05) is 41.4 Å². The monoisotopic (exact) mass is 291 g/mol. The number of rotatable bonds is 1. The van der Waals surface area contributed by atoms with E-state index in [9.17, 15) is 0 Å². The fourth-order valence-corrected chi connectivity index (χ4v) is 3.14. The van der Waals surface area contributed by atoms with Gasteiger partial charge in [-0.05, 0) is 49.4 Å². The van der Waals surface area contributed by atoms with Crippen LogP contribution in [0, 0.1) is 6.92 Å². The molecule has 0 radical (unpaired) electrons. The van der Waals surface area contributed by atoms with Crippen LogP contribution in [0.5, 0.6) is 0 Å². The van der Waals surface area contributed by atoms with Crippen molar-refractivity contribution < 1.29 is 0 Å². The third kappa shape index (κ3) is 1.93. The van der Waals surface area contributed by atoms with Gasteiger partial charge in [-0.3, -0.25) is 0 Å². The third-order valence-corrected chi connectivity index (χ3v) is 4.13. The molecule has 4 aromatic rings. The van der Waals surface area contributed by atoms with Gasteiger partial charge in [-0.25, -0.2) is 0 Å². The van der Waals surface area contributed by atoms with Gasteiger partial charge in [-0.2, -0.15) is 0 Å². The van der Waals surface area contributed by atoms with Crippen molar-refractivity contribution in [2.24, 2.45) is 0 Å². The summed E-state index contributed by atoms with van der Waals surface area (Å²) in [5.74, 6) is 0. The second kappa shape index (κ2) is 4.64. The summed E-state index contributed by atoms with van der Waals surface area (Å²) in [7, 11) is 0. The summed E-state index contributed by atoms with van der Waals surface area (Å²) in [5, 5.41) is 3.22. The van der Waals surface area contributed by atoms with Crippen LogP contribution in [-0.2, 0) is 0 Å². The molecule has 1 aromatic heterocycles. The van der Waals surface area contributed by atoms with Crippen LogP contribution >= 0.6 is 11.6 Å². The van der Waals surface area contributed by atoms with Gasteiger partial charge in [0.05, 0.1) is 11.0 Å². The molecule has 0 bridgehead atoms. The molecule has 0 amide bonds. The summed E-state index contributed by atoms with van der Waals surface area (Å²) in [6.45, 7) is 2.12. The van der Waals surface area contributed by atoms with Gasteiger partial charge in [0.2, 0.25) is 0 Å². The van der Waals surface area contributed by atoms with E-state index in [1.54, 1.807) is 0 Å². The van der Waals surface area contributed by atoms with Gasteiger partial charge >= 0.3 is 0 Å². The molecule has 0 fully saturated rings. The van der Waals surface area contributed by atoms with Crippen molar-refractivity contribution in [2.75, 3.05) is 0 Å². The molecule has 21 heavy (non-hydrogen) atoms. The maximum Gasteiger partial charge on any atom is 0.0542 e. The number of hydrogen-bond acceptors (Lipinski definition) is 0. The Balaban J connectivity index is 2.22. The molecule has 102 valence electrons. The van der Waals surface area contributed by atoms with Crippen molar-refractivity contribution in [1.29, 1.82) is 0 Å². The smallest absolute Gasteiger partial charge is 0.0542 e. The number of para-hydroxylation sites is 1. The lowest BCUT2D eigenvalue weighted by molar-refractivity contribution is 1.18. The Morgan fingerprint density at radius 2 is 1.43 bits per heavy atom. The Kier molecular flexibility index (Phi) is 2.76. The summed E-state index contributed by atoms with van der Waals surface area (Å²) >= 11 is 6.20. The van der Waals surface area contributed by atoms with E-state index in [2.05, 4.69) is 66.1 Å². The van der Waals surface area contributed by atoms with Crippen molar-refractivity contribution in [3.05, 3.63) is 77.3 Å². The van der Waals surface area contributed by atoms with E-state index in [-0.39, 0.29) is 0 Å². The van der Waals surface area contributed by atoms with Gasteiger partial charge in [0.25, 0.3) is 0 Å². The molecule has 3 aromatic carbocycles. The van der Waals surface area contributed by atoms with Crippen molar-refractivity contribution in [1.82, 2.24) is 4.57 Å². The van der Waals surface area contributed by atoms with Crippen LogP contribution in [0.25, 0.3) is 27.5 Å². The van der Waals surface area contributed by atoms with Crippen LogP contribution in [0.4, 0.5) is 0 Å². The lowest BCUT2D eigenvalue weighted by Crippen LogP contribution is -1.92. The predicted octanol–water partition coefficient (Wildman–Crippen LogP) is 5.75. The second-order valence-corrected chi connectivity index (χ2v) is 5.79. The van der Waals surface area contributed by atoms with Gasteiger partial charge in [-0.15, -0.1) is 0 Å². The van der Waals surface area contributed by atoms with E-state index in [0.29, 0.717) is 0 Å². The number of nitrogens with zero attached hydrogens (tertiary/aromatic N) is 1. The number of halogens is 1. The lowest BCUT2D eigenvalue weighted by Gasteiger charge is -2.07. The zero-order valence-electron chi connectivity index (χ0n) is 11.7. The normalized spacial score (nSPS) is 11.3. The Morgan fingerprint density at radius 1 is 0.762 bits per heavy atom. The topological polar surface area (TPSA) is 4.93 Å². The highest BCUT2D eigenvalue weighted by Crippen LogP contribution is 2.33. The van der Waals surface area contributed by atoms with Crippen LogP contribution in [0.1, 0.15) is 5.56 Å². The number of hydrogen-bond donors (Lipinski definition) is 0. The summed E-state index contributed by atoms with van der Waals surface area (Å²) in [5.41, 5.74) is 4.83. The summed E-state index contributed by atoms with van der Waals surface area (Å²) < 4.78 is 2.29. The zero-order chi connectivity index (χ0) is 14.4. The first-order valence-corrected chi connectivity index (χ1v) is 7.37. The maximum absolute atomic E-state index is 6.20. The molecule has 0 saturated carbocycles. The lowest BCUT2D eigenvalue weighted by atomic mass is 10.1. The van der Waals surface area contributed by atoms with Crippen molar-refractivity contribution in [3.8, 4) is 5.69 Å². The van der Waals surface area contributed by atoms with E-state index < -0.39 is 0 Å². The van der Waals surface area contributed by atoms with Gasteiger partial charge in [0, 0.05) is 21.5 Å². The van der Waals surface area contributed by atoms with Crippen molar-refractivity contribution in [2.45, 2.75) is 6.92 Å². The predicted molar refractivity (Wildman–Crippen MR) is 90.5 cm³/mol. The van der Waals surface area contributed by atoms with E-state index in [0.717, 1.165) is 5.02 Å². The molecule has 0 atom stereocenters. The van der Waals surface area contributed by atoms with Crippen LogP contribution in [-0.4, -0.2) is 4.57 Å². The molecule has 2 heteroatoms. The van der Waals surface area contributed by atoms with E-state index in [1.807, 2.05) is 12.1 Å². The van der Waals surface area contributed by atoms with E-state index in [1.165, 1.54) is 33.1 Å². The fourth-order valence-electron chi connectivity index (χ4n) is 2.96. The highest BCUT2D eigenvalue weighted by atomic mass is 35.5. The molecule has 0 spiro atoms. The first kappa shape index (κ1) is 12.5. The molecular formula is C19H14ClN. The minimum absolute atomic E-state index is 0.774. The Labute approximate surface area is 128 Å². The molecule has 0 N–H and O–H groups in total. The van der Waals surface area contributed by atoms with Crippen LogP contribution in [0.3, 0.4) is 0 Å². The average molecular weight is 292 g/mol. The first-order valence-electron chi connectivity index (χ1n) is 7.00. The average Bonchev–Trinajstić information content (AvgIpc) is 2.81. The van der Waals surface area contributed by atoms with Gasteiger partial charge < -0.3 is 4.57 Å². The highest BCUT2D eigenvalue weighted by Gasteiger charge is 2.12. The molecule has 1 heterocycles. The molecule has 0 aliphatic heterocycles. The summed E-state index contributed by atoms with van der Waals surface area (Å²) in [6.07, 6.45) is 0. The van der Waals surface area contributed by atoms with E-state index >= 15 is 0 Å². The molecule has 0 aliphatic rings. The molecular weight excluding hydrogens is 278 g/mol. The van der Waals surface area contributed by atoms with Crippen LogP contribution in [0.2, 0.25) is 5.02 Å². The molecule has 4 rings (SSSR count). The molecule has 0 saturated heterocycles. The van der Waals surface area contributed by atoms with Crippen LogP contribution in [0.15, 0.2) is 66.7 Å². The van der Waals surface area contributed by atoms with Crippen molar-refractivity contribution >= 4 is 33.4 Å². The number of fused-ring (bicyclic) bond motifs is 3. The Hall–Kier alpha value is -2.25. The Bertz CT molecular complexity index is 892. The third-order valence-electron chi connectivity index (χ3n) is 3.90. The minimum atomic E-state index is 0.774. The largest absolute Gasteiger partial charge is 0.309 e. The number of aromatic nitrogens is 1. The zero-order valence-corrected chi connectivity index (χ0v) is 12.4. The standard InChI is InChI=1S/C19H14ClN/c1-13-7-9-18-16(11-13)17-12-14(20)8-10-19(17)21(18)15-5-3-2-4-6-15/h2-12H,1H3. The molecule has 1 nitrogen and oxygen atoms in total. The SMILES string of the molecule is Cc1ccc2c(c1)c1cc(Cl)ccc1n2-c1ccccc1. The van der Waals surface area contributed by atoms with Crippen molar-refractivity contribution in [3.63, 3.8) is 0 Å². The Morgan fingerprint density at radius 3 is 2.19 bits per heavy atom. The second-order valence-electron chi connectivity index (χ2n) is 5.35. The maximum atomic E-state index is 6.20.